The summed E-state index contributed by atoms with van der Waals surface area (Å²) in [6.45, 7) is 0.177. The Balaban J connectivity index is 1.54. The molecule has 0 unspecified atom stereocenters. The van der Waals surface area contributed by atoms with Gasteiger partial charge >= 0.3 is 0 Å². The first-order valence-electron chi connectivity index (χ1n) is 10.0. The van der Waals surface area contributed by atoms with Crippen molar-refractivity contribution in [2.24, 2.45) is 4.99 Å². The average molecular weight is 449 g/mol. The number of amides is 2. The maximum atomic E-state index is 13.1. The van der Waals surface area contributed by atoms with E-state index in [1.54, 1.807) is 37.6 Å². The number of hydrogen-bond acceptors (Lipinski definition) is 5. The number of carbonyl (C=O) groups excluding carboxylic acids is 2. The Bertz CT molecular complexity index is 1180. The standard InChI is InChI=1S/C24H21ClN4O3/c1-32-19-5-2-4-17(12-19)21-13-23(31)29(24-20(28-21)6-3-11-26-24)15-22(30)27-14-16-7-9-18(25)10-8-16/h2-12H,13-15H2,1H3,(H,27,30). The van der Waals surface area contributed by atoms with E-state index in [0.717, 1.165) is 11.1 Å². The predicted octanol–water partition coefficient (Wildman–Crippen LogP) is 3.92. The molecule has 2 heterocycles. The predicted molar refractivity (Wildman–Crippen MR) is 124 cm³/mol. The molecule has 4 rings (SSSR count). The highest BCUT2D eigenvalue weighted by atomic mass is 35.5. The van der Waals surface area contributed by atoms with Crippen LogP contribution in [-0.2, 0) is 16.1 Å². The number of nitrogens with one attached hydrogen (secondary N) is 1. The first-order chi connectivity index (χ1) is 15.5. The van der Waals surface area contributed by atoms with Gasteiger partial charge < -0.3 is 10.1 Å². The summed E-state index contributed by atoms with van der Waals surface area (Å²) < 4.78 is 5.29. The van der Waals surface area contributed by atoms with Crippen molar-refractivity contribution >= 4 is 40.6 Å². The number of aromatic nitrogens is 1. The smallest absolute Gasteiger partial charge is 0.240 e. The molecule has 1 aromatic heterocycles. The fraction of sp³-hybridized carbons (Fsp3) is 0.167. The highest BCUT2D eigenvalue weighted by Crippen LogP contribution is 2.31. The van der Waals surface area contributed by atoms with E-state index in [1.165, 1.54) is 4.90 Å². The lowest BCUT2D eigenvalue weighted by Crippen LogP contribution is -2.41. The molecule has 0 saturated carbocycles. The maximum absolute atomic E-state index is 13.1. The molecule has 0 aliphatic carbocycles. The molecule has 2 aromatic carbocycles. The number of benzene rings is 2. The Labute approximate surface area is 190 Å². The monoisotopic (exact) mass is 448 g/mol. The summed E-state index contributed by atoms with van der Waals surface area (Å²) in [7, 11) is 1.59. The summed E-state index contributed by atoms with van der Waals surface area (Å²) >= 11 is 5.90. The molecule has 0 atom stereocenters. The molecule has 1 aliphatic heterocycles. The second-order valence-electron chi connectivity index (χ2n) is 7.20. The van der Waals surface area contributed by atoms with Crippen LogP contribution in [0.3, 0.4) is 0 Å². The van der Waals surface area contributed by atoms with Crippen molar-refractivity contribution < 1.29 is 14.3 Å². The van der Waals surface area contributed by atoms with Crippen LogP contribution in [0.25, 0.3) is 0 Å². The molecule has 0 bridgehead atoms. The minimum Gasteiger partial charge on any atom is -0.497 e. The second kappa shape index (κ2) is 9.62. The van der Waals surface area contributed by atoms with Crippen LogP contribution >= 0.6 is 11.6 Å². The second-order valence-corrected chi connectivity index (χ2v) is 7.63. The lowest BCUT2D eigenvalue weighted by atomic mass is 10.1. The number of pyridine rings is 1. The lowest BCUT2D eigenvalue weighted by Gasteiger charge is -2.20. The van der Waals surface area contributed by atoms with Crippen LogP contribution in [0.4, 0.5) is 11.5 Å². The van der Waals surface area contributed by atoms with Gasteiger partial charge in [-0.1, -0.05) is 35.9 Å². The molecule has 0 radical (unpaired) electrons. The van der Waals surface area contributed by atoms with E-state index >= 15 is 0 Å². The van der Waals surface area contributed by atoms with E-state index in [1.807, 2.05) is 36.4 Å². The van der Waals surface area contributed by atoms with Gasteiger partial charge in [-0.25, -0.2) is 9.98 Å². The zero-order chi connectivity index (χ0) is 22.5. The number of nitrogens with zero attached hydrogens (tertiary/aromatic N) is 3. The summed E-state index contributed by atoms with van der Waals surface area (Å²) in [5.41, 5.74) is 2.81. The molecule has 2 amide bonds. The van der Waals surface area contributed by atoms with Gasteiger partial charge in [-0.05, 0) is 42.0 Å². The molecule has 0 spiro atoms. The highest BCUT2D eigenvalue weighted by molar-refractivity contribution is 6.30. The van der Waals surface area contributed by atoms with E-state index in [-0.39, 0.29) is 24.8 Å². The molecular formula is C24H21ClN4O3. The zero-order valence-corrected chi connectivity index (χ0v) is 18.2. The Hall–Kier alpha value is -3.71. The van der Waals surface area contributed by atoms with Gasteiger partial charge in [0.1, 0.15) is 18.0 Å². The fourth-order valence-electron chi connectivity index (χ4n) is 3.36. The van der Waals surface area contributed by atoms with Crippen molar-refractivity contribution in [1.29, 1.82) is 0 Å². The lowest BCUT2D eigenvalue weighted by molar-refractivity contribution is -0.123. The summed E-state index contributed by atoms with van der Waals surface area (Å²) in [5.74, 6) is 0.476. The van der Waals surface area contributed by atoms with Gasteiger partial charge in [0, 0.05) is 23.3 Å². The van der Waals surface area contributed by atoms with Crippen molar-refractivity contribution in [1.82, 2.24) is 10.3 Å². The van der Waals surface area contributed by atoms with Gasteiger partial charge in [0.25, 0.3) is 0 Å². The van der Waals surface area contributed by atoms with Gasteiger partial charge in [-0.2, -0.15) is 0 Å². The number of methoxy groups -OCH3 is 1. The molecule has 7 nitrogen and oxygen atoms in total. The van der Waals surface area contributed by atoms with Crippen molar-refractivity contribution in [2.45, 2.75) is 13.0 Å². The zero-order valence-electron chi connectivity index (χ0n) is 17.4. The van der Waals surface area contributed by atoms with Crippen LogP contribution in [0.2, 0.25) is 5.02 Å². The van der Waals surface area contributed by atoms with Gasteiger partial charge in [0.15, 0.2) is 5.82 Å². The van der Waals surface area contributed by atoms with Crippen LogP contribution < -0.4 is 15.0 Å². The van der Waals surface area contributed by atoms with E-state index in [4.69, 9.17) is 16.3 Å². The highest BCUT2D eigenvalue weighted by Gasteiger charge is 2.27. The van der Waals surface area contributed by atoms with Crippen LogP contribution in [0.1, 0.15) is 17.5 Å². The average Bonchev–Trinajstić information content (AvgIpc) is 2.95. The number of aliphatic imine (C=N–C) groups is 1. The molecule has 162 valence electrons. The molecule has 0 saturated heterocycles. The number of ether oxygens (including phenoxy) is 1. The summed E-state index contributed by atoms with van der Waals surface area (Å²) in [6, 6.07) is 18.1. The van der Waals surface area contributed by atoms with Crippen molar-refractivity contribution in [3.05, 3.63) is 83.0 Å². The van der Waals surface area contributed by atoms with Crippen molar-refractivity contribution in [3.8, 4) is 5.75 Å². The molecular weight excluding hydrogens is 428 g/mol. The molecule has 1 aliphatic rings. The topological polar surface area (TPSA) is 83.9 Å². The van der Waals surface area contributed by atoms with Gasteiger partial charge in [0.05, 0.1) is 19.2 Å². The quantitative estimate of drug-likeness (QED) is 0.619. The number of fused-ring (bicyclic) bond motifs is 1. The van der Waals surface area contributed by atoms with Crippen LogP contribution in [0.5, 0.6) is 5.75 Å². The normalized spacial score (nSPS) is 13.1. The van der Waals surface area contributed by atoms with Crippen molar-refractivity contribution in [3.63, 3.8) is 0 Å². The molecule has 0 fully saturated rings. The molecule has 1 N–H and O–H groups in total. The Morgan fingerprint density at radius 2 is 1.97 bits per heavy atom. The first kappa shape index (κ1) is 21.5. The van der Waals surface area contributed by atoms with Crippen molar-refractivity contribution in [2.75, 3.05) is 18.6 Å². The van der Waals surface area contributed by atoms with Gasteiger partial charge in [-0.15, -0.1) is 0 Å². The van der Waals surface area contributed by atoms with Crippen LogP contribution in [-0.4, -0.2) is 36.2 Å². The van der Waals surface area contributed by atoms with Gasteiger partial charge in [-0.3, -0.25) is 14.5 Å². The summed E-state index contributed by atoms with van der Waals surface area (Å²) in [6.07, 6.45) is 1.62. The Kier molecular flexibility index (Phi) is 6.47. The first-order valence-corrected chi connectivity index (χ1v) is 10.4. The maximum Gasteiger partial charge on any atom is 0.240 e. The number of carbonyl (C=O) groups is 2. The van der Waals surface area contributed by atoms with Gasteiger partial charge in [0.2, 0.25) is 11.8 Å². The molecule has 3 aromatic rings. The largest absolute Gasteiger partial charge is 0.497 e. The van der Waals surface area contributed by atoms with Crippen LogP contribution in [0, 0.1) is 0 Å². The van der Waals surface area contributed by atoms with E-state index in [9.17, 15) is 9.59 Å². The van der Waals surface area contributed by atoms with E-state index in [2.05, 4.69) is 15.3 Å². The third-order valence-corrected chi connectivity index (χ3v) is 5.26. The third kappa shape index (κ3) is 4.95. The number of halogens is 1. The van der Waals surface area contributed by atoms with E-state index in [0.29, 0.717) is 34.5 Å². The minimum absolute atomic E-state index is 0.0357. The minimum atomic E-state index is -0.297. The molecule has 8 heteroatoms. The Morgan fingerprint density at radius 3 is 2.75 bits per heavy atom. The number of anilines is 1. The number of hydrogen-bond donors (Lipinski definition) is 1. The van der Waals surface area contributed by atoms with E-state index < -0.39 is 0 Å². The Morgan fingerprint density at radius 1 is 1.16 bits per heavy atom. The summed E-state index contributed by atoms with van der Waals surface area (Å²) in [4.78, 5) is 36.2. The molecule has 32 heavy (non-hydrogen) atoms. The SMILES string of the molecule is COc1cccc(C2=Nc3cccnc3N(CC(=O)NCc3ccc(Cl)cc3)C(=O)C2)c1. The van der Waals surface area contributed by atoms with Crippen LogP contribution in [0.15, 0.2) is 71.9 Å². The fourth-order valence-corrected chi connectivity index (χ4v) is 3.49. The third-order valence-electron chi connectivity index (χ3n) is 5.00. The summed E-state index contributed by atoms with van der Waals surface area (Å²) in [5, 5.41) is 3.47. The number of rotatable bonds is 6.